The van der Waals surface area contributed by atoms with Crippen LogP contribution < -0.4 is 10.5 Å². The van der Waals surface area contributed by atoms with Gasteiger partial charge in [-0.3, -0.25) is 0 Å². The van der Waals surface area contributed by atoms with Crippen molar-refractivity contribution < 1.29 is 9.53 Å². The van der Waals surface area contributed by atoms with Crippen LogP contribution in [0.1, 0.15) is 5.56 Å². The SMILES string of the molecule is Cl.N[C@@H](Cc1ccccc1)C(=O)Oc1ccc2ccccc2c1. The highest BCUT2D eigenvalue weighted by molar-refractivity contribution is 5.86. The van der Waals surface area contributed by atoms with E-state index in [0.717, 1.165) is 16.3 Å². The van der Waals surface area contributed by atoms with Crippen molar-refractivity contribution in [1.29, 1.82) is 0 Å². The van der Waals surface area contributed by atoms with E-state index in [2.05, 4.69) is 0 Å². The number of benzene rings is 3. The van der Waals surface area contributed by atoms with Crippen LogP contribution in [0.25, 0.3) is 10.8 Å². The number of nitrogens with two attached hydrogens (primary N) is 1. The summed E-state index contributed by atoms with van der Waals surface area (Å²) in [5.41, 5.74) is 6.95. The number of hydrogen-bond donors (Lipinski definition) is 1. The van der Waals surface area contributed by atoms with E-state index in [1.54, 1.807) is 6.07 Å². The summed E-state index contributed by atoms with van der Waals surface area (Å²) in [5.74, 6) is 0.103. The Kier molecular flexibility index (Phi) is 5.74. The molecule has 0 aliphatic carbocycles. The number of esters is 1. The molecule has 0 radical (unpaired) electrons. The molecule has 0 unspecified atom stereocenters. The number of carbonyl (C=O) groups is 1. The molecule has 0 bridgehead atoms. The maximum Gasteiger partial charge on any atom is 0.328 e. The fourth-order valence-corrected chi connectivity index (χ4v) is 2.37. The monoisotopic (exact) mass is 327 g/mol. The molecule has 0 saturated carbocycles. The van der Waals surface area contributed by atoms with Gasteiger partial charge < -0.3 is 10.5 Å². The van der Waals surface area contributed by atoms with Gasteiger partial charge in [-0.05, 0) is 34.9 Å². The normalized spacial score (nSPS) is 11.5. The lowest BCUT2D eigenvalue weighted by atomic mass is 10.1. The van der Waals surface area contributed by atoms with Gasteiger partial charge in [0.05, 0.1) is 0 Å². The van der Waals surface area contributed by atoms with Crippen molar-refractivity contribution in [1.82, 2.24) is 0 Å². The van der Waals surface area contributed by atoms with Crippen molar-refractivity contribution in [2.45, 2.75) is 12.5 Å². The summed E-state index contributed by atoms with van der Waals surface area (Å²) in [6.07, 6.45) is 0.466. The molecule has 0 amide bonds. The summed E-state index contributed by atoms with van der Waals surface area (Å²) in [7, 11) is 0. The second-order valence-corrected chi connectivity index (χ2v) is 5.23. The zero-order chi connectivity index (χ0) is 15.4. The minimum Gasteiger partial charge on any atom is -0.425 e. The first kappa shape index (κ1) is 17.0. The van der Waals surface area contributed by atoms with Crippen molar-refractivity contribution in [3.63, 3.8) is 0 Å². The summed E-state index contributed by atoms with van der Waals surface area (Å²) in [6, 6.07) is 22.5. The Morgan fingerprint density at radius 2 is 1.57 bits per heavy atom. The van der Waals surface area contributed by atoms with Crippen LogP contribution in [0, 0.1) is 0 Å². The lowest BCUT2D eigenvalue weighted by Crippen LogP contribution is -2.36. The summed E-state index contributed by atoms with van der Waals surface area (Å²) in [5, 5.41) is 2.14. The summed E-state index contributed by atoms with van der Waals surface area (Å²) < 4.78 is 5.39. The molecule has 118 valence electrons. The zero-order valence-corrected chi connectivity index (χ0v) is 13.3. The van der Waals surface area contributed by atoms with Crippen LogP contribution in [-0.2, 0) is 11.2 Å². The second kappa shape index (κ2) is 7.77. The van der Waals surface area contributed by atoms with Crippen LogP contribution in [0.3, 0.4) is 0 Å². The number of hydrogen-bond acceptors (Lipinski definition) is 3. The quantitative estimate of drug-likeness (QED) is 0.586. The molecule has 1 atom stereocenters. The molecule has 0 spiro atoms. The molecule has 3 aromatic carbocycles. The first-order chi connectivity index (χ1) is 10.7. The number of carbonyl (C=O) groups excluding carboxylic acids is 1. The van der Waals surface area contributed by atoms with Gasteiger partial charge in [-0.15, -0.1) is 12.4 Å². The van der Waals surface area contributed by atoms with Crippen LogP contribution in [-0.4, -0.2) is 12.0 Å². The predicted molar refractivity (Wildman–Crippen MR) is 95.0 cm³/mol. The molecule has 0 heterocycles. The Morgan fingerprint density at radius 1 is 0.913 bits per heavy atom. The maximum absolute atomic E-state index is 12.1. The van der Waals surface area contributed by atoms with Crippen LogP contribution in [0.5, 0.6) is 5.75 Å². The third kappa shape index (κ3) is 4.31. The van der Waals surface area contributed by atoms with E-state index in [0.29, 0.717) is 12.2 Å². The van der Waals surface area contributed by atoms with Crippen molar-refractivity contribution in [3.05, 3.63) is 78.4 Å². The standard InChI is InChI=1S/C19H17NO2.ClH/c20-18(12-14-6-2-1-3-7-14)19(21)22-17-11-10-15-8-4-5-9-16(15)13-17;/h1-11,13,18H,12,20H2;1H/t18-;/m0./s1. The van der Waals surface area contributed by atoms with Crippen molar-refractivity contribution in [2.24, 2.45) is 5.73 Å². The molecule has 3 nitrogen and oxygen atoms in total. The molecular weight excluding hydrogens is 310 g/mol. The van der Waals surface area contributed by atoms with E-state index in [1.165, 1.54) is 0 Å². The van der Waals surface area contributed by atoms with Crippen molar-refractivity contribution in [3.8, 4) is 5.75 Å². The van der Waals surface area contributed by atoms with E-state index >= 15 is 0 Å². The molecule has 3 rings (SSSR count). The second-order valence-electron chi connectivity index (χ2n) is 5.23. The molecule has 4 heteroatoms. The van der Waals surface area contributed by atoms with E-state index in [4.69, 9.17) is 10.5 Å². The van der Waals surface area contributed by atoms with Crippen LogP contribution in [0.2, 0.25) is 0 Å². The van der Waals surface area contributed by atoms with Gasteiger partial charge in [-0.1, -0.05) is 60.7 Å². The predicted octanol–water partition coefficient (Wildman–Crippen LogP) is 3.74. The topological polar surface area (TPSA) is 52.3 Å². The number of ether oxygens (including phenoxy) is 1. The molecule has 0 aliphatic rings. The van der Waals surface area contributed by atoms with E-state index in [1.807, 2.05) is 66.7 Å². The highest BCUT2D eigenvalue weighted by atomic mass is 35.5. The Labute approximate surface area is 141 Å². The lowest BCUT2D eigenvalue weighted by Gasteiger charge is -2.11. The van der Waals surface area contributed by atoms with Gasteiger partial charge in [0.15, 0.2) is 0 Å². The highest BCUT2D eigenvalue weighted by Crippen LogP contribution is 2.21. The van der Waals surface area contributed by atoms with E-state index in [-0.39, 0.29) is 12.4 Å². The Hall–Kier alpha value is -2.36. The average molecular weight is 328 g/mol. The summed E-state index contributed by atoms with van der Waals surface area (Å²) in [6.45, 7) is 0. The molecule has 0 aliphatic heterocycles. The van der Waals surface area contributed by atoms with Crippen molar-refractivity contribution in [2.75, 3.05) is 0 Å². The first-order valence-corrected chi connectivity index (χ1v) is 7.22. The van der Waals surface area contributed by atoms with Gasteiger partial charge in [0.1, 0.15) is 11.8 Å². The minimum absolute atomic E-state index is 0. The molecule has 3 aromatic rings. The minimum atomic E-state index is -0.672. The zero-order valence-electron chi connectivity index (χ0n) is 12.5. The number of rotatable bonds is 4. The molecular formula is C19H18ClNO2. The van der Waals surface area contributed by atoms with Gasteiger partial charge in [0.25, 0.3) is 0 Å². The van der Waals surface area contributed by atoms with Gasteiger partial charge in [0.2, 0.25) is 0 Å². The fourth-order valence-electron chi connectivity index (χ4n) is 2.37. The molecule has 2 N–H and O–H groups in total. The maximum atomic E-state index is 12.1. The number of fused-ring (bicyclic) bond motifs is 1. The Bertz CT molecular complexity index is 789. The molecule has 23 heavy (non-hydrogen) atoms. The molecule has 0 aromatic heterocycles. The highest BCUT2D eigenvalue weighted by Gasteiger charge is 2.16. The van der Waals surface area contributed by atoms with E-state index in [9.17, 15) is 4.79 Å². The third-order valence-electron chi connectivity index (χ3n) is 3.54. The van der Waals surface area contributed by atoms with Crippen LogP contribution in [0.4, 0.5) is 0 Å². The molecule has 0 saturated heterocycles. The Balaban J connectivity index is 0.00000192. The van der Waals surface area contributed by atoms with Gasteiger partial charge in [0, 0.05) is 0 Å². The molecule has 0 fully saturated rings. The third-order valence-corrected chi connectivity index (χ3v) is 3.54. The summed E-state index contributed by atoms with van der Waals surface area (Å²) in [4.78, 5) is 12.1. The van der Waals surface area contributed by atoms with Crippen molar-refractivity contribution >= 4 is 29.1 Å². The smallest absolute Gasteiger partial charge is 0.328 e. The van der Waals surface area contributed by atoms with Crippen LogP contribution in [0.15, 0.2) is 72.8 Å². The lowest BCUT2D eigenvalue weighted by molar-refractivity contribution is -0.135. The summed E-state index contributed by atoms with van der Waals surface area (Å²) >= 11 is 0. The van der Waals surface area contributed by atoms with Crippen LogP contribution >= 0.6 is 12.4 Å². The van der Waals surface area contributed by atoms with E-state index < -0.39 is 12.0 Å². The fraction of sp³-hybridized carbons (Fsp3) is 0.105. The van der Waals surface area contributed by atoms with Gasteiger partial charge in [-0.2, -0.15) is 0 Å². The Morgan fingerprint density at radius 3 is 2.30 bits per heavy atom. The van der Waals surface area contributed by atoms with Gasteiger partial charge in [-0.25, -0.2) is 4.79 Å². The first-order valence-electron chi connectivity index (χ1n) is 7.22. The van der Waals surface area contributed by atoms with Gasteiger partial charge >= 0.3 is 5.97 Å². The number of halogens is 1. The largest absolute Gasteiger partial charge is 0.425 e. The average Bonchev–Trinajstić information content (AvgIpc) is 2.55.